The molecule has 3 aromatic rings. The summed E-state index contributed by atoms with van der Waals surface area (Å²) in [5, 5.41) is 16.1. The predicted octanol–water partition coefficient (Wildman–Crippen LogP) is 2.68. The molecule has 9 nitrogen and oxygen atoms in total. The Morgan fingerprint density at radius 2 is 2.12 bits per heavy atom. The summed E-state index contributed by atoms with van der Waals surface area (Å²) in [7, 11) is 0. The van der Waals surface area contributed by atoms with E-state index >= 15 is 0 Å². The van der Waals surface area contributed by atoms with E-state index < -0.39 is 0 Å². The summed E-state index contributed by atoms with van der Waals surface area (Å²) in [6.07, 6.45) is 7.22. The van der Waals surface area contributed by atoms with Gasteiger partial charge in [-0.1, -0.05) is 23.7 Å². The molecule has 0 unspecified atom stereocenters. The summed E-state index contributed by atoms with van der Waals surface area (Å²) in [5.41, 5.74) is 2.83. The minimum Gasteiger partial charge on any atom is -0.396 e. The molecule has 3 heterocycles. The molecule has 0 saturated carbocycles. The number of hydrogen-bond donors (Lipinski definition) is 3. The van der Waals surface area contributed by atoms with Gasteiger partial charge in [0.1, 0.15) is 17.8 Å². The largest absolute Gasteiger partial charge is 0.396 e. The minimum atomic E-state index is -0.309. The van der Waals surface area contributed by atoms with Gasteiger partial charge in [0.05, 0.1) is 0 Å². The van der Waals surface area contributed by atoms with Crippen molar-refractivity contribution in [1.82, 2.24) is 24.8 Å². The molecule has 1 aromatic carbocycles. The molecular formula is C23H27ClN6O3. The second-order valence-corrected chi connectivity index (χ2v) is 8.34. The van der Waals surface area contributed by atoms with Gasteiger partial charge in [0, 0.05) is 55.4 Å². The lowest BCUT2D eigenvalue weighted by atomic mass is 10.0. The number of anilines is 1. The van der Waals surface area contributed by atoms with Gasteiger partial charge in [-0.2, -0.15) is 4.98 Å². The summed E-state index contributed by atoms with van der Waals surface area (Å²) in [4.78, 5) is 26.0. The summed E-state index contributed by atoms with van der Waals surface area (Å²) in [6, 6.07) is 5.76. The molecule has 2 aromatic heterocycles. The molecule has 0 aliphatic carbocycles. The standard InChI is InChI=1S/C23H27ClN6O3/c1-15-11-26-23(28-17-6-9-33-10-7-17)29-21(15)30-13-20(27-14-30)22(32)25-12-16-3-2-4-19(24)18(16)5-8-31/h2-4,11,13-14,17,31H,5-10,12H2,1H3,(H,25,32)(H,26,28,29). The third kappa shape index (κ3) is 5.68. The molecule has 1 amide bonds. The number of carbonyl (C=O) groups is 1. The van der Waals surface area contributed by atoms with Gasteiger partial charge in [-0.15, -0.1) is 0 Å². The van der Waals surface area contributed by atoms with Crippen molar-refractivity contribution in [3.05, 3.63) is 64.3 Å². The van der Waals surface area contributed by atoms with Crippen LogP contribution in [0.2, 0.25) is 5.02 Å². The predicted molar refractivity (Wildman–Crippen MR) is 125 cm³/mol. The van der Waals surface area contributed by atoms with Crippen LogP contribution in [0.25, 0.3) is 5.82 Å². The second kappa shape index (κ2) is 10.7. The van der Waals surface area contributed by atoms with Gasteiger partial charge in [-0.3, -0.25) is 9.36 Å². The van der Waals surface area contributed by atoms with E-state index in [2.05, 4.69) is 25.6 Å². The van der Waals surface area contributed by atoms with Crippen LogP contribution in [0.15, 0.2) is 36.9 Å². The number of halogens is 1. The van der Waals surface area contributed by atoms with Crippen LogP contribution in [0.3, 0.4) is 0 Å². The molecule has 1 saturated heterocycles. The molecule has 0 spiro atoms. The second-order valence-electron chi connectivity index (χ2n) is 7.93. The van der Waals surface area contributed by atoms with Crippen molar-refractivity contribution in [3.63, 3.8) is 0 Å². The number of nitrogens with one attached hydrogen (secondary N) is 2. The van der Waals surface area contributed by atoms with Crippen LogP contribution in [-0.4, -0.2) is 56.4 Å². The quantitative estimate of drug-likeness (QED) is 0.463. The molecule has 1 aliphatic heterocycles. The van der Waals surface area contributed by atoms with Crippen molar-refractivity contribution in [3.8, 4) is 5.82 Å². The number of amides is 1. The Balaban J connectivity index is 1.45. The molecule has 4 rings (SSSR count). The van der Waals surface area contributed by atoms with Crippen molar-refractivity contribution >= 4 is 23.5 Å². The zero-order chi connectivity index (χ0) is 23.2. The fraction of sp³-hybridized carbons (Fsp3) is 0.391. The van der Waals surface area contributed by atoms with Gasteiger partial charge in [-0.25, -0.2) is 9.97 Å². The van der Waals surface area contributed by atoms with E-state index in [-0.39, 0.29) is 30.8 Å². The maximum atomic E-state index is 12.7. The summed E-state index contributed by atoms with van der Waals surface area (Å²) in [6.45, 7) is 3.64. The topological polar surface area (TPSA) is 114 Å². The number of aliphatic hydroxyl groups is 1. The molecule has 1 aliphatic rings. The third-order valence-electron chi connectivity index (χ3n) is 5.58. The Labute approximate surface area is 197 Å². The van der Waals surface area contributed by atoms with Crippen LogP contribution in [0, 0.1) is 6.92 Å². The Kier molecular flexibility index (Phi) is 7.54. The highest BCUT2D eigenvalue weighted by Crippen LogP contribution is 2.21. The van der Waals surface area contributed by atoms with E-state index in [1.54, 1.807) is 29.4 Å². The number of ether oxygens (including phenoxy) is 1. The molecular weight excluding hydrogens is 444 g/mol. The maximum Gasteiger partial charge on any atom is 0.271 e. The zero-order valence-corrected chi connectivity index (χ0v) is 19.2. The number of carbonyl (C=O) groups excluding carboxylic acids is 1. The summed E-state index contributed by atoms with van der Waals surface area (Å²) in [5.74, 6) is 0.890. The third-order valence-corrected chi connectivity index (χ3v) is 5.93. The Morgan fingerprint density at radius 3 is 2.91 bits per heavy atom. The number of hydrogen-bond acceptors (Lipinski definition) is 7. The van der Waals surface area contributed by atoms with Gasteiger partial charge in [0.2, 0.25) is 5.95 Å². The fourth-order valence-electron chi connectivity index (χ4n) is 3.77. The Bertz CT molecular complexity index is 1110. The molecule has 0 radical (unpaired) electrons. The molecule has 174 valence electrons. The molecule has 1 fully saturated rings. The van der Waals surface area contributed by atoms with Gasteiger partial charge in [0.15, 0.2) is 0 Å². The van der Waals surface area contributed by atoms with E-state index in [4.69, 9.17) is 16.3 Å². The minimum absolute atomic E-state index is 0.0151. The average Bonchev–Trinajstić information content (AvgIpc) is 3.31. The number of imidazole rings is 1. The lowest BCUT2D eigenvalue weighted by molar-refractivity contribution is 0.0903. The first-order chi connectivity index (χ1) is 16.0. The van der Waals surface area contributed by atoms with Crippen LogP contribution in [0.5, 0.6) is 0 Å². The van der Waals surface area contributed by atoms with Crippen LogP contribution < -0.4 is 10.6 Å². The van der Waals surface area contributed by atoms with E-state index in [0.717, 1.165) is 42.7 Å². The van der Waals surface area contributed by atoms with Crippen molar-refractivity contribution in [2.24, 2.45) is 0 Å². The number of nitrogens with zero attached hydrogens (tertiary/aromatic N) is 4. The number of aryl methyl sites for hydroxylation is 1. The van der Waals surface area contributed by atoms with Gasteiger partial charge in [-0.05, 0) is 43.4 Å². The molecule has 3 N–H and O–H groups in total. The van der Waals surface area contributed by atoms with Gasteiger partial charge in [0.25, 0.3) is 5.91 Å². The summed E-state index contributed by atoms with van der Waals surface area (Å²) < 4.78 is 7.12. The first kappa shape index (κ1) is 23.2. The van der Waals surface area contributed by atoms with Crippen LogP contribution >= 0.6 is 11.6 Å². The zero-order valence-electron chi connectivity index (χ0n) is 18.4. The van der Waals surface area contributed by atoms with Crippen molar-refractivity contribution < 1.29 is 14.6 Å². The number of aromatic nitrogens is 4. The monoisotopic (exact) mass is 470 g/mol. The maximum absolute atomic E-state index is 12.7. The highest BCUT2D eigenvalue weighted by atomic mass is 35.5. The van der Waals surface area contributed by atoms with E-state index in [1.807, 2.05) is 19.1 Å². The average molecular weight is 471 g/mol. The first-order valence-corrected chi connectivity index (χ1v) is 11.3. The Hall–Kier alpha value is -3.01. The number of benzene rings is 1. The van der Waals surface area contributed by atoms with E-state index in [1.165, 1.54) is 0 Å². The van der Waals surface area contributed by atoms with E-state index in [9.17, 15) is 9.90 Å². The van der Waals surface area contributed by atoms with Crippen molar-refractivity contribution in [2.75, 3.05) is 25.1 Å². The smallest absolute Gasteiger partial charge is 0.271 e. The SMILES string of the molecule is Cc1cnc(NC2CCOCC2)nc1-n1cnc(C(=O)NCc2cccc(Cl)c2CCO)c1. The molecule has 0 atom stereocenters. The summed E-state index contributed by atoms with van der Waals surface area (Å²) >= 11 is 6.24. The fourth-order valence-corrected chi connectivity index (χ4v) is 4.06. The lowest BCUT2D eigenvalue weighted by Gasteiger charge is -2.23. The van der Waals surface area contributed by atoms with E-state index in [0.29, 0.717) is 23.2 Å². The van der Waals surface area contributed by atoms with Gasteiger partial charge < -0.3 is 20.5 Å². The normalized spacial score (nSPS) is 14.3. The first-order valence-electron chi connectivity index (χ1n) is 10.9. The number of rotatable bonds is 8. The van der Waals surface area contributed by atoms with Crippen LogP contribution in [0.4, 0.5) is 5.95 Å². The number of aliphatic hydroxyl groups excluding tert-OH is 1. The molecule has 0 bridgehead atoms. The van der Waals surface area contributed by atoms with Crippen LogP contribution in [-0.2, 0) is 17.7 Å². The lowest BCUT2D eigenvalue weighted by Crippen LogP contribution is -2.28. The van der Waals surface area contributed by atoms with Crippen molar-refractivity contribution in [2.45, 2.75) is 38.8 Å². The van der Waals surface area contributed by atoms with Crippen LogP contribution in [0.1, 0.15) is 40.0 Å². The highest BCUT2D eigenvalue weighted by molar-refractivity contribution is 6.31. The molecule has 33 heavy (non-hydrogen) atoms. The Morgan fingerprint density at radius 1 is 1.30 bits per heavy atom. The highest BCUT2D eigenvalue weighted by Gasteiger charge is 2.17. The molecule has 10 heteroatoms. The van der Waals surface area contributed by atoms with Crippen molar-refractivity contribution in [1.29, 1.82) is 0 Å². The van der Waals surface area contributed by atoms with Gasteiger partial charge >= 0.3 is 0 Å².